The molecule has 21 heavy (non-hydrogen) atoms. The third kappa shape index (κ3) is 4.19. The van der Waals surface area contributed by atoms with Crippen molar-refractivity contribution in [1.82, 2.24) is 5.32 Å². The van der Waals surface area contributed by atoms with Gasteiger partial charge in [0, 0.05) is 34.8 Å². The van der Waals surface area contributed by atoms with Gasteiger partial charge in [-0.1, -0.05) is 28.1 Å². The highest BCUT2D eigenvalue weighted by Crippen LogP contribution is 2.24. The van der Waals surface area contributed by atoms with Crippen LogP contribution in [0, 0.1) is 5.82 Å². The Hall–Kier alpha value is -1.59. The van der Waals surface area contributed by atoms with Crippen LogP contribution >= 0.6 is 15.9 Å². The zero-order valence-corrected chi connectivity index (χ0v) is 13.5. The van der Waals surface area contributed by atoms with Gasteiger partial charge in [0.15, 0.2) is 0 Å². The summed E-state index contributed by atoms with van der Waals surface area (Å²) in [6, 6.07) is 10.7. The summed E-state index contributed by atoms with van der Waals surface area (Å²) in [5.74, 6) is 1.27. The highest BCUT2D eigenvalue weighted by molar-refractivity contribution is 9.10. The van der Waals surface area contributed by atoms with Crippen LogP contribution in [0.2, 0.25) is 0 Å². The predicted molar refractivity (Wildman–Crippen MR) is 84.2 cm³/mol. The molecule has 0 fully saturated rings. The van der Waals surface area contributed by atoms with Crippen LogP contribution in [0.25, 0.3) is 0 Å². The zero-order valence-electron chi connectivity index (χ0n) is 12.0. The van der Waals surface area contributed by atoms with Crippen LogP contribution in [-0.4, -0.2) is 14.2 Å². The maximum atomic E-state index is 13.7. The van der Waals surface area contributed by atoms with E-state index in [0.29, 0.717) is 18.7 Å². The molecule has 0 radical (unpaired) electrons. The van der Waals surface area contributed by atoms with Crippen LogP contribution in [0.15, 0.2) is 40.9 Å². The average molecular weight is 354 g/mol. The van der Waals surface area contributed by atoms with E-state index in [9.17, 15) is 4.39 Å². The standard InChI is InChI=1S/C16H17BrFNO2/c1-20-14-6-4-12(16(8-14)21-2)10-19-9-11-3-5-13(17)7-15(11)18/h3-8,19H,9-10H2,1-2H3. The van der Waals surface area contributed by atoms with Crippen LogP contribution in [0.4, 0.5) is 4.39 Å². The van der Waals surface area contributed by atoms with Crippen molar-refractivity contribution in [2.75, 3.05) is 14.2 Å². The lowest BCUT2D eigenvalue weighted by Gasteiger charge is -2.11. The molecule has 0 aliphatic carbocycles. The summed E-state index contributed by atoms with van der Waals surface area (Å²) in [5.41, 5.74) is 1.63. The molecule has 112 valence electrons. The van der Waals surface area contributed by atoms with E-state index in [2.05, 4.69) is 21.2 Å². The van der Waals surface area contributed by atoms with Crippen molar-refractivity contribution in [3.8, 4) is 11.5 Å². The predicted octanol–water partition coefficient (Wildman–Crippen LogP) is 3.90. The Morgan fingerprint density at radius 2 is 1.71 bits per heavy atom. The van der Waals surface area contributed by atoms with Gasteiger partial charge in [0.25, 0.3) is 0 Å². The minimum Gasteiger partial charge on any atom is -0.497 e. The van der Waals surface area contributed by atoms with E-state index in [1.807, 2.05) is 24.3 Å². The van der Waals surface area contributed by atoms with E-state index in [1.165, 1.54) is 6.07 Å². The van der Waals surface area contributed by atoms with Crippen molar-refractivity contribution < 1.29 is 13.9 Å². The Morgan fingerprint density at radius 3 is 2.38 bits per heavy atom. The third-order valence-electron chi connectivity index (χ3n) is 3.14. The summed E-state index contributed by atoms with van der Waals surface area (Å²) < 4.78 is 24.9. The topological polar surface area (TPSA) is 30.5 Å². The number of ether oxygens (including phenoxy) is 2. The molecule has 0 aliphatic rings. The lowest BCUT2D eigenvalue weighted by Crippen LogP contribution is -2.14. The number of nitrogens with one attached hydrogen (secondary N) is 1. The second kappa shape index (κ2) is 7.43. The van der Waals surface area contributed by atoms with E-state index in [0.717, 1.165) is 21.5 Å². The molecule has 0 aromatic heterocycles. The fourth-order valence-corrected chi connectivity index (χ4v) is 2.33. The van der Waals surface area contributed by atoms with Gasteiger partial charge in [-0.05, 0) is 18.2 Å². The van der Waals surface area contributed by atoms with E-state index in [4.69, 9.17) is 9.47 Å². The fraction of sp³-hybridized carbons (Fsp3) is 0.250. The largest absolute Gasteiger partial charge is 0.497 e. The Bertz CT molecular complexity index is 619. The van der Waals surface area contributed by atoms with Crippen molar-refractivity contribution >= 4 is 15.9 Å². The summed E-state index contributed by atoms with van der Waals surface area (Å²) in [6.07, 6.45) is 0. The summed E-state index contributed by atoms with van der Waals surface area (Å²) in [4.78, 5) is 0. The van der Waals surface area contributed by atoms with Gasteiger partial charge in [-0.25, -0.2) is 4.39 Å². The molecule has 0 amide bonds. The normalized spacial score (nSPS) is 10.5. The molecule has 2 aromatic carbocycles. The molecule has 0 spiro atoms. The molecule has 0 saturated carbocycles. The number of rotatable bonds is 6. The van der Waals surface area contributed by atoms with Crippen LogP contribution in [0.5, 0.6) is 11.5 Å². The van der Waals surface area contributed by atoms with Gasteiger partial charge in [-0.2, -0.15) is 0 Å². The van der Waals surface area contributed by atoms with Crippen LogP contribution < -0.4 is 14.8 Å². The maximum Gasteiger partial charge on any atom is 0.128 e. The van der Waals surface area contributed by atoms with Gasteiger partial charge in [0.05, 0.1) is 14.2 Å². The second-order valence-corrected chi connectivity index (χ2v) is 5.43. The van der Waals surface area contributed by atoms with Crippen LogP contribution in [0.3, 0.4) is 0 Å². The van der Waals surface area contributed by atoms with Gasteiger partial charge >= 0.3 is 0 Å². The molecule has 0 unspecified atom stereocenters. The molecule has 5 heteroatoms. The van der Waals surface area contributed by atoms with Gasteiger partial charge in [0.2, 0.25) is 0 Å². The summed E-state index contributed by atoms with van der Waals surface area (Å²) >= 11 is 3.24. The van der Waals surface area contributed by atoms with E-state index in [1.54, 1.807) is 20.3 Å². The van der Waals surface area contributed by atoms with Crippen LogP contribution in [0.1, 0.15) is 11.1 Å². The molecule has 2 aromatic rings. The number of halogens is 2. The van der Waals surface area contributed by atoms with E-state index in [-0.39, 0.29) is 5.82 Å². The number of hydrogen-bond acceptors (Lipinski definition) is 3. The first-order chi connectivity index (χ1) is 10.1. The molecule has 0 heterocycles. The third-order valence-corrected chi connectivity index (χ3v) is 3.63. The van der Waals surface area contributed by atoms with Gasteiger partial charge in [0.1, 0.15) is 17.3 Å². The van der Waals surface area contributed by atoms with Crippen molar-refractivity contribution in [3.63, 3.8) is 0 Å². The molecule has 1 N–H and O–H groups in total. The summed E-state index contributed by atoms with van der Waals surface area (Å²) in [5, 5.41) is 3.21. The van der Waals surface area contributed by atoms with Gasteiger partial charge < -0.3 is 14.8 Å². The minimum atomic E-state index is -0.224. The zero-order chi connectivity index (χ0) is 15.2. The van der Waals surface area contributed by atoms with Crippen molar-refractivity contribution in [1.29, 1.82) is 0 Å². The Balaban J connectivity index is 2.00. The smallest absolute Gasteiger partial charge is 0.128 e. The molecule has 2 rings (SSSR count). The Labute approximate surface area is 132 Å². The molecular formula is C16H17BrFNO2. The first kappa shape index (κ1) is 15.8. The Morgan fingerprint density at radius 1 is 1.00 bits per heavy atom. The van der Waals surface area contributed by atoms with Crippen LogP contribution in [-0.2, 0) is 13.1 Å². The lowest BCUT2D eigenvalue weighted by atomic mass is 10.1. The fourth-order valence-electron chi connectivity index (χ4n) is 1.99. The molecule has 0 atom stereocenters. The molecule has 0 aliphatic heterocycles. The van der Waals surface area contributed by atoms with Crippen molar-refractivity contribution in [2.45, 2.75) is 13.1 Å². The maximum absolute atomic E-state index is 13.7. The first-order valence-electron chi connectivity index (χ1n) is 6.49. The van der Waals surface area contributed by atoms with Gasteiger partial charge in [-0.15, -0.1) is 0 Å². The summed E-state index contributed by atoms with van der Waals surface area (Å²) in [7, 11) is 3.23. The molecule has 3 nitrogen and oxygen atoms in total. The average Bonchev–Trinajstić information content (AvgIpc) is 2.49. The highest BCUT2D eigenvalue weighted by Gasteiger charge is 2.06. The monoisotopic (exact) mass is 353 g/mol. The van der Waals surface area contributed by atoms with E-state index >= 15 is 0 Å². The number of benzene rings is 2. The Kier molecular flexibility index (Phi) is 5.59. The van der Waals surface area contributed by atoms with Gasteiger partial charge in [-0.3, -0.25) is 0 Å². The number of methoxy groups -OCH3 is 2. The molecular weight excluding hydrogens is 337 g/mol. The van der Waals surface area contributed by atoms with Crippen molar-refractivity contribution in [2.24, 2.45) is 0 Å². The minimum absolute atomic E-state index is 0.224. The molecule has 0 saturated heterocycles. The van der Waals surface area contributed by atoms with Crippen molar-refractivity contribution in [3.05, 3.63) is 57.8 Å². The first-order valence-corrected chi connectivity index (χ1v) is 7.29. The van der Waals surface area contributed by atoms with E-state index < -0.39 is 0 Å². The summed E-state index contributed by atoms with van der Waals surface area (Å²) in [6.45, 7) is 1.04. The SMILES string of the molecule is COc1ccc(CNCc2ccc(Br)cc2F)c(OC)c1. The number of hydrogen-bond donors (Lipinski definition) is 1. The highest BCUT2D eigenvalue weighted by atomic mass is 79.9. The lowest BCUT2D eigenvalue weighted by molar-refractivity contribution is 0.389. The molecule has 0 bridgehead atoms. The second-order valence-electron chi connectivity index (χ2n) is 4.52. The quantitative estimate of drug-likeness (QED) is 0.854.